The summed E-state index contributed by atoms with van der Waals surface area (Å²) in [5.74, 6) is -0.183. The van der Waals surface area contributed by atoms with Gasteiger partial charge in [-0.25, -0.2) is 5.43 Å². The van der Waals surface area contributed by atoms with Crippen LogP contribution in [-0.2, 0) is 4.79 Å². The maximum Gasteiger partial charge on any atom is 0.308 e. The molecule has 3 aromatic carbocycles. The number of carbonyl (C=O) groups excluding carboxylic acids is 2. The van der Waals surface area contributed by atoms with Crippen LogP contribution in [0.4, 0.5) is 0 Å². The fourth-order valence-corrected chi connectivity index (χ4v) is 2.44. The first-order valence-electron chi connectivity index (χ1n) is 7.73. The van der Waals surface area contributed by atoms with Gasteiger partial charge in [0.25, 0.3) is 5.91 Å². The number of nitrogens with zero attached hydrogens (tertiary/aromatic N) is 1. The van der Waals surface area contributed by atoms with Gasteiger partial charge in [-0.2, -0.15) is 5.10 Å². The van der Waals surface area contributed by atoms with E-state index < -0.39 is 0 Å². The van der Waals surface area contributed by atoms with Crippen molar-refractivity contribution in [3.8, 4) is 5.75 Å². The molecule has 5 heteroatoms. The third-order valence-corrected chi connectivity index (χ3v) is 3.56. The topological polar surface area (TPSA) is 67.8 Å². The third kappa shape index (κ3) is 4.09. The van der Waals surface area contributed by atoms with Crippen molar-refractivity contribution in [2.24, 2.45) is 5.10 Å². The molecular weight excluding hydrogens is 316 g/mol. The molecule has 0 spiro atoms. The zero-order valence-corrected chi connectivity index (χ0v) is 13.6. The molecule has 0 atom stereocenters. The predicted octanol–water partition coefficient (Wildman–Crippen LogP) is 3.53. The smallest absolute Gasteiger partial charge is 0.308 e. The first-order chi connectivity index (χ1) is 12.1. The Bertz CT molecular complexity index is 941. The summed E-state index contributed by atoms with van der Waals surface area (Å²) >= 11 is 0. The van der Waals surface area contributed by atoms with Gasteiger partial charge in [0.2, 0.25) is 0 Å². The Balaban J connectivity index is 1.69. The lowest BCUT2D eigenvalue weighted by atomic mass is 10.0. The van der Waals surface area contributed by atoms with Crippen molar-refractivity contribution in [3.63, 3.8) is 0 Å². The number of fused-ring (bicyclic) bond motifs is 1. The van der Waals surface area contributed by atoms with Crippen molar-refractivity contribution in [1.82, 2.24) is 5.43 Å². The third-order valence-electron chi connectivity index (χ3n) is 3.56. The number of benzene rings is 3. The highest BCUT2D eigenvalue weighted by molar-refractivity contribution is 6.07. The lowest BCUT2D eigenvalue weighted by molar-refractivity contribution is -0.131. The minimum atomic E-state index is -0.372. The average Bonchev–Trinajstić information content (AvgIpc) is 2.62. The lowest BCUT2D eigenvalue weighted by Crippen LogP contribution is -2.17. The minimum absolute atomic E-state index is 0.274. The summed E-state index contributed by atoms with van der Waals surface area (Å²) in [6.45, 7) is 1.35. The van der Waals surface area contributed by atoms with Crippen molar-refractivity contribution < 1.29 is 14.3 Å². The van der Waals surface area contributed by atoms with Gasteiger partial charge in [-0.3, -0.25) is 9.59 Å². The van der Waals surface area contributed by atoms with Gasteiger partial charge in [-0.15, -0.1) is 0 Å². The Kier molecular flexibility index (Phi) is 4.85. The molecule has 124 valence electrons. The fraction of sp³-hybridized carbons (Fsp3) is 0.0500. The number of ether oxygens (including phenoxy) is 1. The van der Waals surface area contributed by atoms with Gasteiger partial charge in [-0.05, 0) is 46.7 Å². The van der Waals surface area contributed by atoms with E-state index in [1.54, 1.807) is 30.3 Å². The van der Waals surface area contributed by atoms with Crippen LogP contribution in [0.2, 0.25) is 0 Å². The minimum Gasteiger partial charge on any atom is -0.427 e. The predicted molar refractivity (Wildman–Crippen MR) is 96.8 cm³/mol. The van der Waals surface area contributed by atoms with Gasteiger partial charge >= 0.3 is 5.97 Å². The van der Waals surface area contributed by atoms with Gasteiger partial charge in [0.15, 0.2) is 0 Å². The highest BCUT2D eigenvalue weighted by atomic mass is 16.5. The zero-order chi connectivity index (χ0) is 17.6. The molecule has 0 unspecified atom stereocenters. The van der Waals surface area contributed by atoms with E-state index in [1.165, 1.54) is 13.1 Å². The van der Waals surface area contributed by atoms with Crippen molar-refractivity contribution in [2.75, 3.05) is 0 Å². The van der Waals surface area contributed by atoms with E-state index in [4.69, 9.17) is 4.74 Å². The van der Waals surface area contributed by atoms with Crippen LogP contribution in [0.5, 0.6) is 5.75 Å². The first-order valence-corrected chi connectivity index (χ1v) is 7.73. The van der Waals surface area contributed by atoms with E-state index in [0.717, 1.165) is 16.3 Å². The van der Waals surface area contributed by atoms with E-state index in [0.29, 0.717) is 11.3 Å². The monoisotopic (exact) mass is 332 g/mol. The molecule has 0 aliphatic carbocycles. The fourth-order valence-electron chi connectivity index (χ4n) is 2.44. The summed E-state index contributed by atoms with van der Waals surface area (Å²) in [4.78, 5) is 23.2. The molecule has 25 heavy (non-hydrogen) atoms. The van der Waals surface area contributed by atoms with Crippen LogP contribution in [0.25, 0.3) is 10.8 Å². The maximum atomic E-state index is 12.3. The van der Waals surface area contributed by atoms with Gasteiger partial charge < -0.3 is 4.74 Å². The standard InChI is InChI=1S/C20H16N2O3/c1-14(23)25-17-11-9-15(10-12-17)13-21-22-20(24)19-8-4-6-16-5-2-3-7-18(16)19/h2-13H,1H3,(H,22,24)/b21-13-. The second kappa shape index (κ2) is 7.40. The second-order valence-electron chi connectivity index (χ2n) is 5.39. The molecule has 1 amide bonds. The van der Waals surface area contributed by atoms with Crippen LogP contribution >= 0.6 is 0 Å². The number of hydrogen-bond acceptors (Lipinski definition) is 4. The van der Waals surface area contributed by atoms with Crippen LogP contribution < -0.4 is 10.2 Å². The molecule has 0 saturated carbocycles. The zero-order valence-electron chi connectivity index (χ0n) is 13.6. The van der Waals surface area contributed by atoms with E-state index >= 15 is 0 Å². The molecule has 0 heterocycles. The maximum absolute atomic E-state index is 12.3. The van der Waals surface area contributed by atoms with E-state index in [2.05, 4.69) is 10.5 Å². The number of hydrogen-bond donors (Lipinski definition) is 1. The Morgan fingerprint density at radius 1 is 0.960 bits per heavy atom. The highest BCUT2D eigenvalue weighted by Gasteiger charge is 2.08. The van der Waals surface area contributed by atoms with Crippen molar-refractivity contribution in [2.45, 2.75) is 6.92 Å². The molecule has 0 aromatic heterocycles. The van der Waals surface area contributed by atoms with Gasteiger partial charge in [0, 0.05) is 12.5 Å². The first kappa shape index (κ1) is 16.4. The molecule has 0 fully saturated rings. The lowest BCUT2D eigenvalue weighted by Gasteiger charge is -2.05. The summed E-state index contributed by atoms with van der Waals surface area (Å²) in [5.41, 5.74) is 3.87. The summed E-state index contributed by atoms with van der Waals surface area (Å²) in [6.07, 6.45) is 1.53. The SMILES string of the molecule is CC(=O)Oc1ccc(/C=N\NC(=O)c2cccc3ccccc23)cc1. The average molecular weight is 332 g/mol. The summed E-state index contributed by atoms with van der Waals surface area (Å²) in [7, 11) is 0. The van der Waals surface area contributed by atoms with Gasteiger partial charge in [0.1, 0.15) is 5.75 Å². The molecule has 5 nitrogen and oxygen atoms in total. The number of hydrazone groups is 1. The van der Waals surface area contributed by atoms with Crippen LogP contribution in [0, 0.1) is 0 Å². The van der Waals surface area contributed by atoms with Gasteiger partial charge in [-0.1, -0.05) is 36.4 Å². The van der Waals surface area contributed by atoms with Crippen LogP contribution in [0.1, 0.15) is 22.8 Å². The van der Waals surface area contributed by atoms with Crippen molar-refractivity contribution in [3.05, 3.63) is 77.9 Å². The number of amides is 1. The Labute approximate surface area is 144 Å². The van der Waals surface area contributed by atoms with E-state index in [9.17, 15) is 9.59 Å². The summed E-state index contributed by atoms with van der Waals surface area (Å²) < 4.78 is 4.96. The normalized spacial score (nSPS) is 10.8. The molecule has 0 bridgehead atoms. The molecule has 0 aliphatic rings. The molecule has 3 aromatic rings. The molecule has 3 rings (SSSR count). The van der Waals surface area contributed by atoms with Crippen LogP contribution in [0.3, 0.4) is 0 Å². The quantitative estimate of drug-likeness (QED) is 0.344. The Morgan fingerprint density at radius 3 is 2.44 bits per heavy atom. The highest BCUT2D eigenvalue weighted by Crippen LogP contribution is 2.18. The van der Waals surface area contributed by atoms with E-state index in [1.807, 2.05) is 36.4 Å². The van der Waals surface area contributed by atoms with Crippen LogP contribution in [0.15, 0.2) is 71.8 Å². The van der Waals surface area contributed by atoms with Crippen molar-refractivity contribution >= 4 is 28.9 Å². The van der Waals surface area contributed by atoms with Crippen LogP contribution in [-0.4, -0.2) is 18.1 Å². The van der Waals surface area contributed by atoms with E-state index in [-0.39, 0.29) is 11.9 Å². The summed E-state index contributed by atoms with van der Waals surface area (Å²) in [5, 5.41) is 5.86. The largest absolute Gasteiger partial charge is 0.427 e. The van der Waals surface area contributed by atoms with Gasteiger partial charge in [0.05, 0.1) is 6.21 Å². The molecular formula is C20H16N2O3. The molecule has 0 saturated heterocycles. The Morgan fingerprint density at radius 2 is 1.68 bits per heavy atom. The van der Waals surface area contributed by atoms with Crippen molar-refractivity contribution in [1.29, 1.82) is 0 Å². The second-order valence-corrected chi connectivity index (χ2v) is 5.39. The molecule has 0 radical (unpaired) electrons. The Hall–Kier alpha value is -3.47. The molecule has 1 N–H and O–H groups in total. The number of carbonyl (C=O) groups is 2. The summed E-state index contributed by atoms with van der Waals surface area (Å²) in [6, 6.07) is 20.1. The number of rotatable bonds is 4. The number of nitrogens with one attached hydrogen (secondary N) is 1. The number of esters is 1. The molecule has 0 aliphatic heterocycles.